The molecule has 0 radical (unpaired) electrons. The lowest BCUT2D eigenvalue weighted by Crippen LogP contribution is -2.45. The van der Waals surface area contributed by atoms with Gasteiger partial charge in [0.2, 0.25) is 15.9 Å². The van der Waals surface area contributed by atoms with E-state index in [-0.39, 0.29) is 25.0 Å². The van der Waals surface area contributed by atoms with Gasteiger partial charge in [0, 0.05) is 26.2 Å². The molecule has 7 heteroatoms. The minimum absolute atomic E-state index is 0.0821. The number of unbranched alkanes of at least 4 members (excludes halogenated alkanes) is 1. The van der Waals surface area contributed by atoms with E-state index in [0.29, 0.717) is 19.5 Å². The van der Waals surface area contributed by atoms with E-state index < -0.39 is 10.0 Å². The first kappa shape index (κ1) is 15.4. The van der Waals surface area contributed by atoms with Crippen LogP contribution in [0.3, 0.4) is 0 Å². The van der Waals surface area contributed by atoms with Gasteiger partial charge in [-0.25, -0.2) is 12.7 Å². The minimum Gasteiger partial charge on any atom is -0.396 e. The zero-order valence-corrected chi connectivity index (χ0v) is 11.6. The molecule has 6 nitrogen and oxygen atoms in total. The average Bonchev–Trinajstić information content (AvgIpc) is 2.33. The van der Waals surface area contributed by atoms with E-state index in [4.69, 9.17) is 5.11 Å². The number of hydrogen-bond acceptors (Lipinski definition) is 4. The third kappa shape index (κ3) is 4.91. The molecule has 0 bridgehead atoms. The Bertz CT molecular complexity index is 369. The van der Waals surface area contributed by atoms with E-state index >= 15 is 0 Å². The van der Waals surface area contributed by atoms with Crippen molar-refractivity contribution in [3.63, 3.8) is 0 Å². The molecular formula is C11H22N2O4S. The van der Waals surface area contributed by atoms with E-state index in [1.165, 1.54) is 10.6 Å². The van der Waals surface area contributed by atoms with Crippen LogP contribution in [0.2, 0.25) is 0 Å². The van der Waals surface area contributed by atoms with E-state index in [9.17, 15) is 13.2 Å². The molecule has 1 unspecified atom stereocenters. The third-order valence-electron chi connectivity index (χ3n) is 3.11. The predicted molar refractivity (Wildman–Crippen MR) is 68.5 cm³/mol. The van der Waals surface area contributed by atoms with Crippen LogP contribution in [-0.4, -0.2) is 56.2 Å². The maximum Gasteiger partial charge on any atom is 0.224 e. The molecule has 0 aliphatic carbocycles. The zero-order chi connectivity index (χ0) is 13.6. The van der Waals surface area contributed by atoms with Crippen molar-refractivity contribution in [2.24, 2.45) is 5.92 Å². The van der Waals surface area contributed by atoms with Crippen molar-refractivity contribution in [3.05, 3.63) is 0 Å². The van der Waals surface area contributed by atoms with Crippen LogP contribution in [0.4, 0.5) is 0 Å². The maximum absolute atomic E-state index is 11.8. The standard InChI is InChI=1S/C11H22N2O4S/c1-18(16,17)13-7-4-5-10(9-13)11(15)12-6-2-3-8-14/h10,14H,2-9H2,1H3,(H,12,15). The molecule has 1 atom stereocenters. The van der Waals surface area contributed by atoms with Crippen molar-refractivity contribution in [2.45, 2.75) is 25.7 Å². The molecule has 1 heterocycles. The number of rotatable bonds is 6. The Morgan fingerprint density at radius 2 is 2.17 bits per heavy atom. The topological polar surface area (TPSA) is 86.7 Å². The summed E-state index contributed by atoms with van der Waals surface area (Å²) >= 11 is 0. The quantitative estimate of drug-likeness (QED) is 0.644. The summed E-state index contributed by atoms with van der Waals surface area (Å²) in [4.78, 5) is 11.8. The van der Waals surface area contributed by atoms with Crippen LogP contribution in [0.1, 0.15) is 25.7 Å². The van der Waals surface area contributed by atoms with Crippen molar-refractivity contribution in [1.29, 1.82) is 0 Å². The summed E-state index contributed by atoms with van der Waals surface area (Å²) in [5.41, 5.74) is 0. The molecule has 0 saturated carbocycles. The minimum atomic E-state index is -3.20. The summed E-state index contributed by atoms with van der Waals surface area (Å²) in [6.07, 6.45) is 4.04. The first-order valence-corrected chi connectivity index (χ1v) is 8.13. The SMILES string of the molecule is CS(=O)(=O)N1CCCC(C(=O)NCCCCO)C1. The molecule has 1 rings (SSSR count). The van der Waals surface area contributed by atoms with Gasteiger partial charge in [-0.15, -0.1) is 0 Å². The molecule has 0 spiro atoms. The fraction of sp³-hybridized carbons (Fsp3) is 0.909. The highest BCUT2D eigenvalue weighted by Gasteiger charge is 2.29. The molecule has 1 amide bonds. The molecule has 1 fully saturated rings. The summed E-state index contributed by atoms with van der Waals surface area (Å²) in [7, 11) is -3.20. The van der Waals surface area contributed by atoms with Gasteiger partial charge in [0.05, 0.1) is 12.2 Å². The average molecular weight is 278 g/mol. The third-order valence-corrected chi connectivity index (χ3v) is 4.38. The van der Waals surface area contributed by atoms with Gasteiger partial charge in [-0.1, -0.05) is 0 Å². The second kappa shape index (κ2) is 7.06. The van der Waals surface area contributed by atoms with Crippen LogP contribution in [0.25, 0.3) is 0 Å². The molecule has 1 aliphatic heterocycles. The van der Waals surface area contributed by atoms with E-state index in [2.05, 4.69) is 5.32 Å². The van der Waals surface area contributed by atoms with Crippen molar-refractivity contribution >= 4 is 15.9 Å². The molecule has 18 heavy (non-hydrogen) atoms. The van der Waals surface area contributed by atoms with Gasteiger partial charge in [0.15, 0.2) is 0 Å². The summed E-state index contributed by atoms with van der Waals surface area (Å²) < 4.78 is 24.2. The number of carbonyl (C=O) groups is 1. The van der Waals surface area contributed by atoms with Crippen molar-refractivity contribution < 1.29 is 18.3 Å². The Morgan fingerprint density at radius 1 is 1.44 bits per heavy atom. The van der Waals surface area contributed by atoms with Gasteiger partial charge in [0.1, 0.15) is 0 Å². The molecule has 1 aliphatic rings. The molecule has 0 aromatic carbocycles. The number of aliphatic hydroxyl groups excluding tert-OH is 1. The van der Waals surface area contributed by atoms with E-state index in [0.717, 1.165) is 19.3 Å². The number of carbonyl (C=O) groups excluding carboxylic acids is 1. The first-order valence-electron chi connectivity index (χ1n) is 6.29. The smallest absolute Gasteiger partial charge is 0.224 e. The maximum atomic E-state index is 11.8. The fourth-order valence-electron chi connectivity index (χ4n) is 2.05. The predicted octanol–water partition coefficient (Wildman–Crippen LogP) is -0.453. The second-order valence-electron chi connectivity index (χ2n) is 4.68. The van der Waals surface area contributed by atoms with Gasteiger partial charge >= 0.3 is 0 Å². The largest absolute Gasteiger partial charge is 0.396 e. The highest BCUT2D eigenvalue weighted by Crippen LogP contribution is 2.18. The summed E-state index contributed by atoms with van der Waals surface area (Å²) in [6, 6.07) is 0. The van der Waals surface area contributed by atoms with Crippen LogP contribution in [0.15, 0.2) is 0 Å². The molecule has 106 valence electrons. The number of aliphatic hydroxyl groups is 1. The lowest BCUT2D eigenvalue weighted by atomic mass is 9.99. The molecule has 1 saturated heterocycles. The number of sulfonamides is 1. The Morgan fingerprint density at radius 3 is 2.78 bits per heavy atom. The van der Waals surface area contributed by atoms with Gasteiger partial charge in [0.25, 0.3) is 0 Å². The van der Waals surface area contributed by atoms with E-state index in [1.807, 2.05) is 0 Å². The van der Waals surface area contributed by atoms with Crippen LogP contribution >= 0.6 is 0 Å². The van der Waals surface area contributed by atoms with Crippen molar-refractivity contribution in [2.75, 3.05) is 32.5 Å². The molecule has 2 N–H and O–H groups in total. The van der Waals surface area contributed by atoms with Crippen LogP contribution in [0, 0.1) is 5.92 Å². The zero-order valence-electron chi connectivity index (χ0n) is 10.8. The summed E-state index contributed by atoms with van der Waals surface area (Å²) in [5, 5.41) is 11.4. The fourth-order valence-corrected chi connectivity index (χ4v) is 2.96. The van der Waals surface area contributed by atoms with Gasteiger partial charge in [-0.3, -0.25) is 4.79 Å². The van der Waals surface area contributed by atoms with Crippen molar-refractivity contribution in [3.8, 4) is 0 Å². The van der Waals surface area contributed by atoms with Crippen LogP contribution in [-0.2, 0) is 14.8 Å². The highest BCUT2D eigenvalue weighted by atomic mass is 32.2. The number of hydrogen-bond donors (Lipinski definition) is 2. The Balaban J connectivity index is 2.39. The van der Waals surface area contributed by atoms with Gasteiger partial charge < -0.3 is 10.4 Å². The molecule has 0 aromatic rings. The van der Waals surface area contributed by atoms with Crippen LogP contribution in [0.5, 0.6) is 0 Å². The lowest BCUT2D eigenvalue weighted by molar-refractivity contribution is -0.126. The Kier molecular flexibility index (Phi) is 6.04. The number of nitrogens with zero attached hydrogens (tertiary/aromatic N) is 1. The number of nitrogens with one attached hydrogen (secondary N) is 1. The second-order valence-corrected chi connectivity index (χ2v) is 6.66. The summed E-state index contributed by atoms with van der Waals surface area (Å²) in [6.45, 7) is 1.45. The van der Waals surface area contributed by atoms with Crippen molar-refractivity contribution in [1.82, 2.24) is 9.62 Å². The van der Waals surface area contributed by atoms with Gasteiger partial charge in [-0.2, -0.15) is 0 Å². The number of amides is 1. The van der Waals surface area contributed by atoms with E-state index in [1.54, 1.807) is 0 Å². The Hall–Kier alpha value is -0.660. The summed E-state index contributed by atoms with van der Waals surface area (Å²) in [5.74, 6) is -0.330. The molecular weight excluding hydrogens is 256 g/mol. The highest BCUT2D eigenvalue weighted by molar-refractivity contribution is 7.88. The normalized spacial score (nSPS) is 21.8. The Labute approximate surface area is 108 Å². The van der Waals surface area contributed by atoms with Gasteiger partial charge in [-0.05, 0) is 25.7 Å². The first-order chi connectivity index (χ1) is 8.45. The lowest BCUT2D eigenvalue weighted by Gasteiger charge is -2.30. The molecule has 0 aromatic heterocycles. The number of piperidine rings is 1. The van der Waals surface area contributed by atoms with Crippen LogP contribution < -0.4 is 5.32 Å². The monoisotopic (exact) mass is 278 g/mol.